The fourth-order valence-corrected chi connectivity index (χ4v) is 1.35. The first-order chi connectivity index (χ1) is 6.38. The van der Waals surface area contributed by atoms with Gasteiger partial charge in [0.1, 0.15) is 0 Å². The molecule has 0 aliphatic rings. The number of ether oxygens (including phenoxy) is 1. The van der Waals surface area contributed by atoms with Crippen molar-refractivity contribution in [3.05, 3.63) is 0 Å². The fraction of sp³-hybridized carbons (Fsp3) is 1.00. The molecule has 0 aromatic heterocycles. The van der Waals surface area contributed by atoms with E-state index < -0.39 is 12.3 Å². The van der Waals surface area contributed by atoms with E-state index in [4.69, 9.17) is 0 Å². The topological polar surface area (TPSA) is 9.23 Å². The molecule has 0 fully saturated rings. The molecule has 2 atom stereocenters. The molecule has 0 heterocycles. The summed E-state index contributed by atoms with van der Waals surface area (Å²) in [6.45, 7) is 3.18. The van der Waals surface area contributed by atoms with E-state index >= 15 is 0 Å². The van der Waals surface area contributed by atoms with Gasteiger partial charge in [0.25, 0.3) is 0 Å². The van der Waals surface area contributed by atoms with Crippen LogP contribution in [0.5, 0.6) is 0 Å². The number of thiol groups is 1. The maximum absolute atomic E-state index is 12.0. The summed E-state index contributed by atoms with van der Waals surface area (Å²) in [5, 5.41) is 0. The Morgan fingerprint density at radius 2 is 1.79 bits per heavy atom. The highest BCUT2D eigenvalue weighted by molar-refractivity contribution is 7.80. The minimum Gasteiger partial charge on any atom is -0.369 e. The molecular weight excluding hydrogens is 213 g/mol. The quantitative estimate of drug-likeness (QED) is 0.689. The third kappa shape index (κ3) is 6.54. The SMILES string of the molecule is CC(CCS)CCOC(C)C(F)(F)F. The summed E-state index contributed by atoms with van der Waals surface area (Å²) in [5.74, 6) is 1.13. The van der Waals surface area contributed by atoms with Crippen molar-refractivity contribution in [1.82, 2.24) is 0 Å². The molecule has 0 aromatic carbocycles. The van der Waals surface area contributed by atoms with Crippen LogP contribution < -0.4 is 0 Å². The van der Waals surface area contributed by atoms with Gasteiger partial charge in [-0.3, -0.25) is 0 Å². The second kappa shape index (κ2) is 6.56. The maximum Gasteiger partial charge on any atom is 0.414 e. The molecule has 1 nitrogen and oxygen atoms in total. The molecule has 0 bridgehead atoms. The van der Waals surface area contributed by atoms with Crippen molar-refractivity contribution < 1.29 is 17.9 Å². The van der Waals surface area contributed by atoms with Crippen molar-refractivity contribution >= 4 is 12.6 Å². The average molecular weight is 230 g/mol. The first-order valence-corrected chi connectivity index (χ1v) is 5.30. The number of hydrogen-bond acceptors (Lipinski definition) is 2. The zero-order chi connectivity index (χ0) is 11.2. The summed E-state index contributed by atoms with van der Waals surface area (Å²) < 4.78 is 40.6. The van der Waals surface area contributed by atoms with E-state index in [0.29, 0.717) is 12.3 Å². The molecule has 0 rings (SSSR count). The molecule has 0 aliphatic heterocycles. The number of halogens is 3. The Balaban J connectivity index is 3.54. The zero-order valence-electron chi connectivity index (χ0n) is 8.47. The summed E-state index contributed by atoms with van der Waals surface area (Å²) >= 11 is 4.05. The highest BCUT2D eigenvalue weighted by Gasteiger charge is 2.36. The van der Waals surface area contributed by atoms with Gasteiger partial charge in [0.15, 0.2) is 6.10 Å². The van der Waals surface area contributed by atoms with Crippen molar-refractivity contribution in [3.63, 3.8) is 0 Å². The van der Waals surface area contributed by atoms with Gasteiger partial charge in [-0.2, -0.15) is 25.8 Å². The zero-order valence-corrected chi connectivity index (χ0v) is 9.37. The Hall–Kier alpha value is 0.100. The molecule has 14 heavy (non-hydrogen) atoms. The van der Waals surface area contributed by atoms with Crippen LogP contribution >= 0.6 is 12.6 Å². The smallest absolute Gasteiger partial charge is 0.369 e. The lowest BCUT2D eigenvalue weighted by molar-refractivity contribution is -0.214. The molecule has 0 saturated heterocycles. The van der Waals surface area contributed by atoms with E-state index in [0.717, 1.165) is 19.1 Å². The Kier molecular flexibility index (Phi) is 6.61. The molecule has 5 heteroatoms. The fourth-order valence-electron chi connectivity index (χ4n) is 0.905. The van der Waals surface area contributed by atoms with Gasteiger partial charge in [0, 0.05) is 6.61 Å². The van der Waals surface area contributed by atoms with Gasteiger partial charge in [-0.1, -0.05) is 6.92 Å². The van der Waals surface area contributed by atoms with Gasteiger partial charge in [-0.05, 0) is 31.4 Å². The molecular formula is C9H17F3OS. The minimum atomic E-state index is -4.24. The predicted molar refractivity (Wildman–Crippen MR) is 53.7 cm³/mol. The lowest BCUT2D eigenvalue weighted by Gasteiger charge is -2.17. The van der Waals surface area contributed by atoms with E-state index in [1.807, 2.05) is 6.92 Å². The van der Waals surface area contributed by atoms with Crippen molar-refractivity contribution in [1.29, 1.82) is 0 Å². The van der Waals surface area contributed by atoms with E-state index in [9.17, 15) is 13.2 Å². The molecule has 0 saturated carbocycles. The van der Waals surface area contributed by atoms with Gasteiger partial charge < -0.3 is 4.74 Å². The Morgan fingerprint density at radius 3 is 2.21 bits per heavy atom. The van der Waals surface area contributed by atoms with Gasteiger partial charge >= 0.3 is 6.18 Å². The largest absolute Gasteiger partial charge is 0.414 e. The Labute approximate surface area is 88.4 Å². The van der Waals surface area contributed by atoms with Crippen LogP contribution in [0.25, 0.3) is 0 Å². The van der Waals surface area contributed by atoms with Crippen LogP contribution in [0.3, 0.4) is 0 Å². The summed E-state index contributed by atoms with van der Waals surface area (Å²) in [7, 11) is 0. The van der Waals surface area contributed by atoms with Gasteiger partial charge in [-0.25, -0.2) is 0 Å². The first-order valence-electron chi connectivity index (χ1n) is 4.67. The lowest BCUT2D eigenvalue weighted by Crippen LogP contribution is -2.29. The van der Waals surface area contributed by atoms with Crippen molar-refractivity contribution in [2.75, 3.05) is 12.4 Å². The van der Waals surface area contributed by atoms with Gasteiger partial charge in [0.05, 0.1) is 0 Å². The van der Waals surface area contributed by atoms with Gasteiger partial charge in [-0.15, -0.1) is 0 Å². The Morgan fingerprint density at radius 1 is 1.21 bits per heavy atom. The number of alkyl halides is 3. The van der Waals surface area contributed by atoms with Crippen molar-refractivity contribution in [2.24, 2.45) is 5.92 Å². The predicted octanol–water partition coefficient (Wildman–Crippen LogP) is 3.30. The van der Waals surface area contributed by atoms with E-state index in [2.05, 4.69) is 17.4 Å². The highest BCUT2D eigenvalue weighted by atomic mass is 32.1. The Bertz CT molecular complexity index is 149. The summed E-state index contributed by atoms with van der Waals surface area (Å²) in [6.07, 6.45) is -4.34. The van der Waals surface area contributed by atoms with Crippen LogP contribution in [0.15, 0.2) is 0 Å². The van der Waals surface area contributed by atoms with Crippen LogP contribution in [-0.4, -0.2) is 24.6 Å². The van der Waals surface area contributed by atoms with Crippen LogP contribution in [0.4, 0.5) is 13.2 Å². The van der Waals surface area contributed by atoms with Crippen LogP contribution in [0.1, 0.15) is 26.7 Å². The highest BCUT2D eigenvalue weighted by Crippen LogP contribution is 2.22. The summed E-state index contributed by atoms with van der Waals surface area (Å²) in [5.41, 5.74) is 0. The normalized spacial score (nSPS) is 16.7. The summed E-state index contributed by atoms with van der Waals surface area (Å²) in [6, 6.07) is 0. The standard InChI is InChI=1S/C9H17F3OS/c1-7(4-6-14)3-5-13-8(2)9(10,11)12/h7-8,14H,3-6H2,1-2H3. The number of hydrogen-bond donors (Lipinski definition) is 1. The van der Waals surface area contributed by atoms with Crippen LogP contribution in [0, 0.1) is 5.92 Å². The van der Waals surface area contributed by atoms with Crippen LogP contribution in [-0.2, 0) is 4.74 Å². The van der Waals surface area contributed by atoms with E-state index in [1.54, 1.807) is 0 Å². The lowest BCUT2D eigenvalue weighted by atomic mass is 10.1. The molecule has 0 N–H and O–H groups in total. The monoisotopic (exact) mass is 230 g/mol. The minimum absolute atomic E-state index is 0.162. The third-order valence-electron chi connectivity index (χ3n) is 2.06. The maximum atomic E-state index is 12.0. The second-order valence-electron chi connectivity index (χ2n) is 3.46. The molecule has 0 aromatic rings. The third-order valence-corrected chi connectivity index (χ3v) is 2.32. The van der Waals surface area contributed by atoms with Crippen molar-refractivity contribution in [3.8, 4) is 0 Å². The molecule has 0 aliphatic carbocycles. The van der Waals surface area contributed by atoms with E-state index in [-0.39, 0.29) is 6.61 Å². The molecule has 86 valence electrons. The van der Waals surface area contributed by atoms with Crippen LogP contribution in [0.2, 0.25) is 0 Å². The molecule has 0 radical (unpaired) electrons. The molecule has 2 unspecified atom stereocenters. The van der Waals surface area contributed by atoms with Gasteiger partial charge in [0.2, 0.25) is 0 Å². The van der Waals surface area contributed by atoms with E-state index in [1.165, 1.54) is 0 Å². The molecule has 0 amide bonds. The average Bonchev–Trinajstić information content (AvgIpc) is 2.02. The van der Waals surface area contributed by atoms with Crippen molar-refractivity contribution in [2.45, 2.75) is 39.0 Å². The molecule has 0 spiro atoms. The second-order valence-corrected chi connectivity index (χ2v) is 3.91. The summed E-state index contributed by atoms with van der Waals surface area (Å²) in [4.78, 5) is 0. The number of rotatable bonds is 6. The first kappa shape index (κ1) is 14.1.